The van der Waals surface area contributed by atoms with Gasteiger partial charge in [-0.3, -0.25) is 0 Å². The third-order valence-corrected chi connectivity index (χ3v) is 1.35. The molecule has 0 aromatic rings. The SMILES string of the molecule is NC(=S)[S-].[CH2-]CCCCCCC.[Ni+2]. The summed E-state index contributed by atoms with van der Waals surface area (Å²) in [6, 6.07) is 0. The van der Waals surface area contributed by atoms with Crippen LogP contribution < -0.4 is 5.73 Å². The van der Waals surface area contributed by atoms with Crippen molar-refractivity contribution in [3.8, 4) is 0 Å². The maximum absolute atomic E-state index is 4.66. The van der Waals surface area contributed by atoms with E-state index in [1.807, 2.05) is 0 Å². The molecule has 0 fully saturated rings. The molecule has 0 spiro atoms. The van der Waals surface area contributed by atoms with Gasteiger partial charge in [0.25, 0.3) is 0 Å². The van der Waals surface area contributed by atoms with Gasteiger partial charge in [0.05, 0.1) is 0 Å². The van der Waals surface area contributed by atoms with E-state index in [9.17, 15) is 0 Å². The summed E-state index contributed by atoms with van der Waals surface area (Å²) in [7, 11) is 0. The third-order valence-electron chi connectivity index (χ3n) is 1.35. The van der Waals surface area contributed by atoms with E-state index in [-0.39, 0.29) is 20.8 Å². The van der Waals surface area contributed by atoms with Crippen molar-refractivity contribution in [2.45, 2.75) is 45.4 Å². The van der Waals surface area contributed by atoms with E-state index in [0.29, 0.717) is 0 Å². The molecule has 0 amide bonds. The van der Waals surface area contributed by atoms with Gasteiger partial charge in [-0.15, -0.1) is 0 Å². The fourth-order valence-electron chi connectivity index (χ4n) is 0.780. The summed E-state index contributed by atoms with van der Waals surface area (Å²) >= 11 is 8.26. The van der Waals surface area contributed by atoms with Crippen LogP contribution in [0.3, 0.4) is 0 Å². The second-order valence-corrected chi connectivity index (χ2v) is 3.72. The first-order chi connectivity index (χ1) is 5.65. The van der Waals surface area contributed by atoms with Gasteiger partial charge >= 0.3 is 16.5 Å². The molecule has 0 saturated heterocycles. The molecule has 0 aliphatic rings. The normalized spacial score (nSPS) is 7.85. The zero-order valence-corrected chi connectivity index (χ0v) is 10.8. The van der Waals surface area contributed by atoms with Crippen LogP contribution in [0.25, 0.3) is 0 Å². The summed E-state index contributed by atoms with van der Waals surface area (Å²) in [5.41, 5.74) is 4.66. The second kappa shape index (κ2) is 18.4. The number of hydrogen-bond acceptors (Lipinski definition) is 2. The van der Waals surface area contributed by atoms with Gasteiger partial charge in [-0.2, -0.15) is 6.42 Å². The molecule has 0 bridgehead atoms. The van der Waals surface area contributed by atoms with Crippen LogP contribution in [0.4, 0.5) is 0 Å². The molecule has 0 heterocycles. The minimum atomic E-state index is 0. The van der Waals surface area contributed by atoms with Gasteiger partial charge in [-0.1, -0.05) is 43.3 Å². The van der Waals surface area contributed by atoms with Crippen molar-refractivity contribution in [1.82, 2.24) is 0 Å². The van der Waals surface area contributed by atoms with Gasteiger partial charge in [0.2, 0.25) is 0 Å². The number of unbranched alkanes of at least 4 members (excludes halogenated alkanes) is 5. The van der Waals surface area contributed by atoms with Crippen molar-refractivity contribution in [1.29, 1.82) is 0 Å². The minimum Gasteiger partial charge on any atom is -0.415 e. The van der Waals surface area contributed by atoms with Crippen LogP contribution in [0.15, 0.2) is 0 Å². The van der Waals surface area contributed by atoms with Crippen molar-refractivity contribution in [2.24, 2.45) is 5.73 Å². The van der Waals surface area contributed by atoms with Crippen LogP contribution in [-0.2, 0) is 29.1 Å². The smallest absolute Gasteiger partial charge is 0.415 e. The molecule has 0 saturated carbocycles. The molecule has 0 radical (unpaired) electrons. The maximum atomic E-state index is 4.66. The van der Waals surface area contributed by atoms with Crippen LogP contribution in [0.5, 0.6) is 0 Å². The van der Waals surface area contributed by atoms with Crippen LogP contribution >= 0.6 is 12.2 Å². The van der Waals surface area contributed by atoms with Crippen molar-refractivity contribution < 1.29 is 16.5 Å². The Kier molecular flexibility index (Phi) is 27.2. The van der Waals surface area contributed by atoms with Gasteiger partial charge in [0.15, 0.2) is 0 Å². The molecule has 0 aliphatic carbocycles. The molecule has 0 aromatic carbocycles. The summed E-state index contributed by atoms with van der Waals surface area (Å²) in [4.78, 5) is 0. The summed E-state index contributed by atoms with van der Waals surface area (Å²) in [6.07, 6.45) is 7.98. The third kappa shape index (κ3) is 45.1. The topological polar surface area (TPSA) is 26.0 Å². The number of hydrogen-bond donors (Lipinski definition) is 1. The molecule has 0 unspecified atom stereocenters. The van der Waals surface area contributed by atoms with E-state index in [2.05, 4.69) is 44.4 Å². The van der Waals surface area contributed by atoms with Crippen molar-refractivity contribution >= 4 is 29.2 Å². The molecular weight excluding hydrogens is 245 g/mol. The quantitative estimate of drug-likeness (QED) is 0.272. The summed E-state index contributed by atoms with van der Waals surface area (Å²) in [6.45, 7) is 6.02. The molecule has 0 rings (SSSR count). The molecule has 0 atom stereocenters. The first-order valence-electron chi connectivity index (χ1n) is 4.40. The Hall–Kier alpha value is 0.604. The Labute approximate surface area is 104 Å². The average Bonchev–Trinajstić information content (AvgIpc) is 1.97. The van der Waals surface area contributed by atoms with Crippen LogP contribution in [0.1, 0.15) is 45.4 Å². The summed E-state index contributed by atoms with van der Waals surface area (Å²) in [5, 5.41) is 0. The van der Waals surface area contributed by atoms with Crippen LogP contribution in [0.2, 0.25) is 0 Å². The Morgan fingerprint density at radius 3 is 2.00 bits per heavy atom. The second-order valence-electron chi connectivity index (χ2n) is 2.59. The van der Waals surface area contributed by atoms with E-state index in [1.54, 1.807) is 0 Å². The Bertz CT molecular complexity index is 89.6. The fraction of sp³-hybridized carbons (Fsp3) is 0.778. The molecular formula is C9H19NNiS2. The monoisotopic (exact) mass is 263 g/mol. The van der Waals surface area contributed by atoms with E-state index in [1.165, 1.54) is 32.1 Å². The standard InChI is InChI=1S/C8H17.CH3NS2.Ni/c1-3-5-7-8-6-4-2;2-1(3)4;/h1,3-8H2,2H3;(H3,2,3,4);/q-1;;+2/p-1. The average molecular weight is 264 g/mol. The zero-order chi connectivity index (χ0) is 9.82. The van der Waals surface area contributed by atoms with E-state index < -0.39 is 0 Å². The van der Waals surface area contributed by atoms with E-state index in [4.69, 9.17) is 0 Å². The van der Waals surface area contributed by atoms with Gasteiger partial charge in [-0.05, 0) is 0 Å². The van der Waals surface area contributed by atoms with Gasteiger partial charge in [0.1, 0.15) is 0 Å². The Morgan fingerprint density at radius 2 is 1.69 bits per heavy atom. The molecule has 13 heavy (non-hydrogen) atoms. The first kappa shape index (κ1) is 19.2. The minimum absolute atomic E-state index is 0. The van der Waals surface area contributed by atoms with Gasteiger partial charge in [-0.25, -0.2) is 0 Å². The Balaban J connectivity index is -0.000000173. The maximum Gasteiger partial charge on any atom is 2.00 e. The largest absolute Gasteiger partial charge is 2.00 e. The van der Waals surface area contributed by atoms with Gasteiger partial charge in [0, 0.05) is 0 Å². The van der Waals surface area contributed by atoms with Crippen molar-refractivity contribution in [3.63, 3.8) is 0 Å². The molecule has 82 valence electrons. The summed E-state index contributed by atoms with van der Waals surface area (Å²) < 4.78 is 0.0833. The first-order valence-corrected chi connectivity index (χ1v) is 5.22. The van der Waals surface area contributed by atoms with Crippen molar-refractivity contribution in [3.05, 3.63) is 6.92 Å². The number of nitrogens with two attached hydrogens (primary N) is 1. The van der Waals surface area contributed by atoms with Crippen LogP contribution in [0, 0.1) is 6.92 Å². The molecule has 4 heteroatoms. The Morgan fingerprint density at radius 1 is 1.31 bits per heavy atom. The van der Waals surface area contributed by atoms with E-state index >= 15 is 0 Å². The predicted molar refractivity (Wildman–Crippen MR) is 62.9 cm³/mol. The fourth-order valence-corrected chi connectivity index (χ4v) is 0.780. The zero-order valence-electron chi connectivity index (χ0n) is 8.16. The molecule has 2 N–H and O–H groups in total. The predicted octanol–water partition coefficient (Wildman–Crippen LogP) is 2.96. The molecule has 0 aliphatic heterocycles. The van der Waals surface area contributed by atoms with Crippen molar-refractivity contribution in [2.75, 3.05) is 0 Å². The number of rotatable bonds is 5. The molecule has 0 aromatic heterocycles. The molecule has 1 nitrogen and oxygen atoms in total. The van der Waals surface area contributed by atoms with Gasteiger partial charge < -0.3 is 37.5 Å². The number of thiocarbonyl (C=S) groups is 1. The van der Waals surface area contributed by atoms with E-state index in [0.717, 1.165) is 6.42 Å². The summed E-state index contributed by atoms with van der Waals surface area (Å²) in [5.74, 6) is 0. The van der Waals surface area contributed by atoms with Crippen LogP contribution in [-0.4, -0.2) is 4.32 Å².